The van der Waals surface area contributed by atoms with Gasteiger partial charge in [-0.15, -0.1) is 0 Å². The fourth-order valence-corrected chi connectivity index (χ4v) is 2.09. The predicted molar refractivity (Wildman–Crippen MR) is 82.0 cm³/mol. The summed E-state index contributed by atoms with van der Waals surface area (Å²) in [5.41, 5.74) is 6.60. The zero-order valence-corrected chi connectivity index (χ0v) is 13.1. The SMILES string of the molecule is CCCC(COC)NC(=O)c1cc(OC)cc(OC)c1N. The van der Waals surface area contributed by atoms with Gasteiger partial charge in [0.05, 0.1) is 38.1 Å². The first-order chi connectivity index (χ1) is 10.1. The number of nitrogens with one attached hydrogen (secondary N) is 1. The van der Waals surface area contributed by atoms with Crippen LogP contribution in [0.5, 0.6) is 11.5 Å². The average molecular weight is 296 g/mol. The lowest BCUT2D eigenvalue weighted by Gasteiger charge is -2.19. The Labute approximate surface area is 125 Å². The third-order valence-corrected chi connectivity index (χ3v) is 3.16. The predicted octanol–water partition coefficient (Wildman–Crippen LogP) is 1.83. The first kappa shape index (κ1) is 17.1. The summed E-state index contributed by atoms with van der Waals surface area (Å²) in [6, 6.07) is 3.19. The van der Waals surface area contributed by atoms with Crippen LogP contribution in [0.2, 0.25) is 0 Å². The summed E-state index contributed by atoms with van der Waals surface area (Å²) in [5, 5.41) is 2.92. The van der Waals surface area contributed by atoms with Crippen LogP contribution in [0.15, 0.2) is 12.1 Å². The molecule has 0 bridgehead atoms. The van der Waals surface area contributed by atoms with Crippen LogP contribution in [0, 0.1) is 0 Å². The molecule has 6 heteroatoms. The van der Waals surface area contributed by atoms with E-state index < -0.39 is 0 Å². The molecule has 118 valence electrons. The summed E-state index contributed by atoms with van der Waals surface area (Å²) in [6.45, 7) is 2.51. The Hall–Kier alpha value is -1.95. The molecule has 0 saturated heterocycles. The van der Waals surface area contributed by atoms with Gasteiger partial charge >= 0.3 is 0 Å². The third-order valence-electron chi connectivity index (χ3n) is 3.16. The van der Waals surface area contributed by atoms with Crippen LogP contribution in [0.25, 0.3) is 0 Å². The molecule has 0 aliphatic carbocycles. The van der Waals surface area contributed by atoms with Crippen molar-refractivity contribution in [2.24, 2.45) is 0 Å². The number of benzene rings is 1. The molecule has 6 nitrogen and oxygen atoms in total. The largest absolute Gasteiger partial charge is 0.497 e. The highest BCUT2D eigenvalue weighted by Crippen LogP contribution is 2.31. The lowest BCUT2D eigenvalue weighted by atomic mass is 10.1. The van der Waals surface area contributed by atoms with E-state index in [2.05, 4.69) is 12.2 Å². The minimum Gasteiger partial charge on any atom is -0.497 e. The summed E-state index contributed by atoms with van der Waals surface area (Å²) >= 11 is 0. The molecule has 0 aromatic heterocycles. The van der Waals surface area contributed by atoms with Crippen LogP contribution in [0.3, 0.4) is 0 Å². The summed E-state index contributed by atoms with van der Waals surface area (Å²) < 4.78 is 15.4. The molecular weight excluding hydrogens is 272 g/mol. The average Bonchev–Trinajstić information content (AvgIpc) is 2.47. The Bertz CT molecular complexity index is 471. The molecule has 1 amide bonds. The zero-order chi connectivity index (χ0) is 15.8. The highest BCUT2D eigenvalue weighted by molar-refractivity contribution is 6.01. The van der Waals surface area contributed by atoms with E-state index in [1.807, 2.05) is 0 Å². The fraction of sp³-hybridized carbons (Fsp3) is 0.533. The van der Waals surface area contributed by atoms with E-state index in [9.17, 15) is 4.79 Å². The van der Waals surface area contributed by atoms with Crippen molar-refractivity contribution in [2.75, 3.05) is 33.7 Å². The Balaban J connectivity index is 2.99. The highest BCUT2D eigenvalue weighted by Gasteiger charge is 2.19. The van der Waals surface area contributed by atoms with Crippen LogP contribution < -0.4 is 20.5 Å². The molecule has 1 aromatic rings. The molecule has 1 aromatic carbocycles. The van der Waals surface area contributed by atoms with Gasteiger partial charge in [0.2, 0.25) is 0 Å². The number of methoxy groups -OCH3 is 3. The van der Waals surface area contributed by atoms with E-state index in [1.165, 1.54) is 14.2 Å². The quantitative estimate of drug-likeness (QED) is 0.715. The number of carbonyl (C=O) groups excluding carboxylic acids is 1. The number of carbonyl (C=O) groups is 1. The summed E-state index contributed by atoms with van der Waals surface area (Å²) in [5.74, 6) is 0.670. The Morgan fingerprint density at radius 1 is 1.29 bits per heavy atom. The molecule has 0 fully saturated rings. The van der Waals surface area contributed by atoms with Gasteiger partial charge in [-0.1, -0.05) is 13.3 Å². The molecule has 0 aliphatic rings. The minimum atomic E-state index is -0.264. The second-order valence-corrected chi connectivity index (χ2v) is 4.71. The number of rotatable bonds is 8. The maximum Gasteiger partial charge on any atom is 0.253 e. The molecule has 1 unspecified atom stereocenters. The Kier molecular flexibility index (Phi) is 6.81. The minimum absolute atomic E-state index is 0.0518. The molecule has 0 radical (unpaired) electrons. The van der Waals surface area contributed by atoms with Gasteiger partial charge in [0.25, 0.3) is 5.91 Å². The first-order valence-corrected chi connectivity index (χ1v) is 6.88. The van der Waals surface area contributed by atoms with Crippen LogP contribution in [-0.4, -0.2) is 39.9 Å². The second kappa shape index (κ2) is 8.36. The van der Waals surface area contributed by atoms with Crippen LogP contribution >= 0.6 is 0 Å². The smallest absolute Gasteiger partial charge is 0.253 e. The van der Waals surface area contributed by atoms with Gasteiger partial charge in [0.15, 0.2) is 0 Å². The van der Waals surface area contributed by atoms with E-state index in [1.54, 1.807) is 19.2 Å². The molecule has 1 rings (SSSR count). The van der Waals surface area contributed by atoms with Gasteiger partial charge in [0, 0.05) is 13.2 Å². The molecule has 0 spiro atoms. The summed E-state index contributed by atoms with van der Waals surface area (Å²) in [4.78, 5) is 12.4. The van der Waals surface area contributed by atoms with Gasteiger partial charge in [-0.25, -0.2) is 0 Å². The fourth-order valence-electron chi connectivity index (χ4n) is 2.09. The van der Waals surface area contributed by atoms with E-state index in [0.717, 1.165) is 12.8 Å². The van der Waals surface area contributed by atoms with Crippen molar-refractivity contribution in [3.8, 4) is 11.5 Å². The van der Waals surface area contributed by atoms with Crippen molar-refractivity contribution in [2.45, 2.75) is 25.8 Å². The molecule has 1 atom stereocenters. The summed E-state index contributed by atoms with van der Waals surface area (Å²) in [6.07, 6.45) is 1.78. The number of amides is 1. The number of hydrogen-bond donors (Lipinski definition) is 2. The van der Waals surface area contributed by atoms with Crippen LogP contribution in [0.1, 0.15) is 30.1 Å². The van der Waals surface area contributed by atoms with Crippen LogP contribution in [-0.2, 0) is 4.74 Å². The third kappa shape index (κ3) is 4.53. The van der Waals surface area contributed by atoms with Crippen molar-refractivity contribution in [3.05, 3.63) is 17.7 Å². The van der Waals surface area contributed by atoms with Gasteiger partial charge < -0.3 is 25.3 Å². The van der Waals surface area contributed by atoms with Crippen molar-refractivity contribution in [1.82, 2.24) is 5.32 Å². The maximum atomic E-state index is 12.4. The number of nitrogens with two attached hydrogens (primary N) is 1. The maximum absolute atomic E-state index is 12.4. The molecule has 3 N–H and O–H groups in total. The topological polar surface area (TPSA) is 82.8 Å². The van der Waals surface area contributed by atoms with E-state index in [-0.39, 0.29) is 11.9 Å². The monoisotopic (exact) mass is 296 g/mol. The lowest BCUT2D eigenvalue weighted by molar-refractivity contribution is 0.0892. The normalized spacial score (nSPS) is 11.8. The van der Waals surface area contributed by atoms with Crippen molar-refractivity contribution < 1.29 is 19.0 Å². The molecule has 0 saturated carbocycles. The number of hydrogen-bond acceptors (Lipinski definition) is 5. The molecule has 0 aliphatic heterocycles. The van der Waals surface area contributed by atoms with Gasteiger partial charge in [-0.2, -0.15) is 0 Å². The highest BCUT2D eigenvalue weighted by atomic mass is 16.5. The van der Waals surface area contributed by atoms with Gasteiger partial charge in [-0.05, 0) is 12.5 Å². The Morgan fingerprint density at radius 3 is 2.52 bits per heavy atom. The number of ether oxygens (including phenoxy) is 3. The lowest BCUT2D eigenvalue weighted by Crippen LogP contribution is -2.38. The van der Waals surface area contributed by atoms with Crippen LogP contribution in [0.4, 0.5) is 5.69 Å². The number of anilines is 1. The first-order valence-electron chi connectivity index (χ1n) is 6.88. The number of nitrogen functional groups attached to an aromatic ring is 1. The molecule has 0 heterocycles. The molecular formula is C15H24N2O4. The Morgan fingerprint density at radius 2 is 2.00 bits per heavy atom. The zero-order valence-electron chi connectivity index (χ0n) is 13.1. The van der Waals surface area contributed by atoms with Gasteiger partial charge in [0.1, 0.15) is 11.5 Å². The van der Waals surface area contributed by atoms with Crippen molar-refractivity contribution >= 4 is 11.6 Å². The van der Waals surface area contributed by atoms with Gasteiger partial charge in [-0.3, -0.25) is 4.79 Å². The van der Waals surface area contributed by atoms with Crippen molar-refractivity contribution in [3.63, 3.8) is 0 Å². The summed E-state index contributed by atoms with van der Waals surface area (Å²) in [7, 11) is 4.63. The van der Waals surface area contributed by atoms with E-state index in [0.29, 0.717) is 29.4 Å². The van der Waals surface area contributed by atoms with E-state index in [4.69, 9.17) is 19.9 Å². The standard InChI is InChI=1S/C15H24N2O4/c1-5-6-10(9-19-2)17-15(18)12-7-11(20-3)8-13(21-4)14(12)16/h7-8,10H,5-6,9,16H2,1-4H3,(H,17,18). The van der Waals surface area contributed by atoms with E-state index >= 15 is 0 Å². The second-order valence-electron chi connectivity index (χ2n) is 4.71. The van der Waals surface area contributed by atoms with Crippen molar-refractivity contribution in [1.29, 1.82) is 0 Å². The molecule has 21 heavy (non-hydrogen) atoms.